The molecular weight excluding hydrogens is 236 g/mol. The van der Waals surface area contributed by atoms with E-state index < -0.39 is 5.97 Å². The van der Waals surface area contributed by atoms with Crippen LogP contribution in [0.1, 0.15) is 23.0 Å². The molecule has 0 fully saturated rings. The van der Waals surface area contributed by atoms with Gasteiger partial charge in [-0.1, -0.05) is 0 Å². The van der Waals surface area contributed by atoms with Gasteiger partial charge in [0.1, 0.15) is 11.4 Å². The Bertz CT molecular complexity index is 465. The number of rotatable bonds is 3. The molecule has 0 aromatic carbocycles. The molecule has 7 heteroatoms. The summed E-state index contributed by atoms with van der Waals surface area (Å²) in [6, 6.07) is -0.330. The van der Waals surface area contributed by atoms with E-state index >= 15 is 0 Å². The number of amides is 2. The van der Waals surface area contributed by atoms with Crippen LogP contribution in [0.25, 0.3) is 0 Å². The molecule has 1 rings (SSSR count). The topological polar surface area (TPSA) is 76.5 Å². The molecule has 0 saturated heterocycles. The molecule has 1 aromatic heterocycles. The van der Waals surface area contributed by atoms with Gasteiger partial charge in [0, 0.05) is 21.1 Å². The van der Waals surface area contributed by atoms with Gasteiger partial charge in [0.15, 0.2) is 0 Å². The van der Waals surface area contributed by atoms with E-state index in [1.807, 2.05) is 0 Å². The van der Waals surface area contributed by atoms with Crippen molar-refractivity contribution in [1.82, 2.24) is 14.7 Å². The maximum atomic E-state index is 11.8. The Morgan fingerprint density at radius 2 is 2.06 bits per heavy atom. The molecular formula is C11H18N4O3. The first-order valence-electron chi connectivity index (χ1n) is 5.57. The van der Waals surface area contributed by atoms with Gasteiger partial charge in [-0.2, -0.15) is 5.10 Å². The van der Waals surface area contributed by atoms with Crippen molar-refractivity contribution in [1.29, 1.82) is 0 Å². The Hall–Kier alpha value is -2.05. The molecule has 0 unspecified atom stereocenters. The summed E-state index contributed by atoms with van der Waals surface area (Å²) in [4.78, 5) is 24.8. The molecule has 0 aliphatic heterocycles. The number of urea groups is 1. The lowest BCUT2D eigenvalue weighted by atomic mass is 10.2. The third-order valence-corrected chi connectivity index (χ3v) is 2.33. The number of carbonyl (C=O) groups excluding carboxylic acids is 2. The van der Waals surface area contributed by atoms with Crippen LogP contribution in [-0.2, 0) is 11.8 Å². The quantitative estimate of drug-likeness (QED) is 0.816. The second-order valence-corrected chi connectivity index (χ2v) is 3.98. The number of nitrogens with one attached hydrogen (secondary N) is 1. The molecule has 0 radical (unpaired) electrons. The number of esters is 1. The first-order valence-corrected chi connectivity index (χ1v) is 5.57. The molecule has 1 heterocycles. The van der Waals surface area contributed by atoms with Gasteiger partial charge >= 0.3 is 12.0 Å². The van der Waals surface area contributed by atoms with Gasteiger partial charge in [-0.3, -0.25) is 10.00 Å². The van der Waals surface area contributed by atoms with Gasteiger partial charge in [0.2, 0.25) is 0 Å². The van der Waals surface area contributed by atoms with E-state index in [2.05, 4.69) is 10.4 Å². The maximum absolute atomic E-state index is 11.8. The van der Waals surface area contributed by atoms with Crippen LogP contribution < -0.4 is 5.32 Å². The third kappa shape index (κ3) is 2.79. The number of aryl methyl sites for hydroxylation is 2. The van der Waals surface area contributed by atoms with Crippen LogP contribution in [0.5, 0.6) is 0 Å². The number of hydrogen-bond donors (Lipinski definition) is 1. The number of carbonyl (C=O) groups is 2. The second kappa shape index (κ2) is 5.52. The van der Waals surface area contributed by atoms with Crippen molar-refractivity contribution >= 4 is 17.8 Å². The zero-order valence-corrected chi connectivity index (χ0v) is 11.3. The summed E-state index contributed by atoms with van der Waals surface area (Å²) >= 11 is 0. The lowest BCUT2D eigenvalue weighted by molar-refractivity contribution is 0.0526. The Labute approximate surface area is 106 Å². The molecule has 2 amide bonds. The zero-order valence-electron chi connectivity index (χ0n) is 11.3. The minimum atomic E-state index is -0.489. The summed E-state index contributed by atoms with van der Waals surface area (Å²) < 4.78 is 6.40. The summed E-state index contributed by atoms with van der Waals surface area (Å²) in [7, 11) is 4.88. The predicted octanol–water partition coefficient (Wildman–Crippen LogP) is 0.999. The van der Waals surface area contributed by atoms with E-state index in [9.17, 15) is 9.59 Å². The fraction of sp³-hybridized carbons (Fsp3) is 0.545. The Morgan fingerprint density at radius 3 is 2.56 bits per heavy atom. The Kier molecular flexibility index (Phi) is 4.30. The van der Waals surface area contributed by atoms with Crippen molar-refractivity contribution < 1.29 is 14.3 Å². The molecule has 0 spiro atoms. The molecule has 0 saturated carbocycles. The van der Waals surface area contributed by atoms with Crippen molar-refractivity contribution in [3.05, 3.63) is 11.3 Å². The van der Waals surface area contributed by atoms with Gasteiger partial charge in [0.05, 0.1) is 12.3 Å². The lowest BCUT2D eigenvalue weighted by Gasteiger charge is -2.13. The number of ether oxygens (including phenoxy) is 1. The fourth-order valence-corrected chi connectivity index (χ4v) is 1.46. The Morgan fingerprint density at radius 1 is 1.44 bits per heavy atom. The third-order valence-electron chi connectivity index (χ3n) is 2.33. The molecule has 1 aromatic rings. The SMILES string of the molecule is CCOC(=O)c1c(C)nn(C)c1NC(=O)N(C)C. The predicted molar refractivity (Wildman–Crippen MR) is 66.6 cm³/mol. The van der Waals surface area contributed by atoms with Crippen molar-refractivity contribution in [2.75, 3.05) is 26.0 Å². The van der Waals surface area contributed by atoms with E-state index in [1.54, 1.807) is 35.0 Å². The van der Waals surface area contributed by atoms with E-state index in [0.29, 0.717) is 11.5 Å². The second-order valence-electron chi connectivity index (χ2n) is 3.98. The highest BCUT2D eigenvalue weighted by atomic mass is 16.5. The number of hydrogen-bond acceptors (Lipinski definition) is 4. The zero-order chi connectivity index (χ0) is 13.9. The van der Waals surface area contributed by atoms with Crippen LogP contribution in [0, 0.1) is 6.92 Å². The van der Waals surface area contributed by atoms with Crippen LogP contribution in [0.2, 0.25) is 0 Å². The normalized spacial score (nSPS) is 10.1. The molecule has 7 nitrogen and oxygen atoms in total. The maximum Gasteiger partial charge on any atom is 0.343 e. The standard InChI is InChI=1S/C11H18N4O3/c1-6-18-10(16)8-7(2)13-15(5)9(8)12-11(17)14(3)4/h6H2,1-5H3,(H,12,17). The first-order chi connectivity index (χ1) is 8.38. The molecule has 0 atom stereocenters. The largest absolute Gasteiger partial charge is 0.462 e. The van der Waals surface area contributed by atoms with Crippen molar-refractivity contribution in [2.24, 2.45) is 7.05 Å². The average Bonchev–Trinajstić information content (AvgIpc) is 2.54. The molecule has 0 aliphatic carbocycles. The van der Waals surface area contributed by atoms with E-state index in [4.69, 9.17) is 4.74 Å². The Balaban J connectivity index is 3.10. The first kappa shape index (κ1) is 14.0. The van der Waals surface area contributed by atoms with E-state index in [-0.39, 0.29) is 18.2 Å². The smallest absolute Gasteiger partial charge is 0.343 e. The van der Waals surface area contributed by atoms with Crippen molar-refractivity contribution in [3.8, 4) is 0 Å². The summed E-state index contributed by atoms with van der Waals surface area (Å²) in [5.41, 5.74) is 0.805. The van der Waals surface area contributed by atoms with Crippen molar-refractivity contribution in [3.63, 3.8) is 0 Å². The molecule has 1 N–H and O–H groups in total. The van der Waals surface area contributed by atoms with Gasteiger partial charge in [-0.05, 0) is 13.8 Å². The van der Waals surface area contributed by atoms with Gasteiger partial charge in [-0.25, -0.2) is 9.59 Å². The average molecular weight is 254 g/mol. The highest BCUT2D eigenvalue weighted by molar-refractivity contribution is 6.00. The summed E-state index contributed by atoms with van der Waals surface area (Å²) in [6.45, 7) is 3.69. The summed E-state index contributed by atoms with van der Waals surface area (Å²) in [6.07, 6.45) is 0. The number of anilines is 1. The van der Waals surface area contributed by atoms with Gasteiger partial charge < -0.3 is 9.64 Å². The van der Waals surface area contributed by atoms with Crippen LogP contribution in [0.15, 0.2) is 0 Å². The van der Waals surface area contributed by atoms with Gasteiger partial charge in [0.25, 0.3) is 0 Å². The fourth-order valence-electron chi connectivity index (χ4n) is 1.46. The van der Waals surface area contributed by atoms with Crippen LogP contribution in [0.4, 0.5) is 10.6 Å². The van der Waals surface area contributed by atoms with Gasteiger partial charge in [-0.15, -0.1) is 0 Å². The molecule has 18 heavy (non-hydrogen) atoms. The number of nitrogens with zero attached hydrogens (tertiary/aromatic N) is 3. The highest BCUT2D eigenvalue weighted by Crippen LogP contribution is 2.20. The summed E-state index contributed by atoms with van der Waals surface area (Å²) in [5.74, 6) is -0.151. The van der Waals surface area contributed by atoms with E-state index in [0.717, 1.165) is 0 Å². The van der Waals surface area contributed by atoms with Crippen molar-refractivity contribution in [2.45, 2.75) is 13.8 Å². The van der Waals surface area contributed by atoms with Crippen LogP contribution >= 0.6 is 0 Å². The molecule has 100 valence electrons. The molecule has 0 bridgehead atoms. The lowest BCUT2D eigenvalue weighted by Crippen LogP contribution is -2.29. The monoisotopic (exact) mass is 254 g/mol. The van der Waals surface area contributed by atoms with Crippen LogP contribution in [-0.4, -0.2) is 47.4 Å². The minimum absolute atomic E-state index is 0.272. The van der Waals surface area contributed by atoms with E-state index in [1.165, 1.54) is 9.58 Å². The minimum Gasteiger partial charge on any atom is -0.462 e. The van der Waals surface area contributed by atoms with Crippen LogP contribution in [0.3, 0.4) is 0 Å². The highest BCUT2D eigenvalue weighted by Gasteiger charge is 2.23. The molecule has 0 aliphatic rings. The summed E-state index contributed by atoms with van der Waals surface area (Å²) in [5, 5.41) is 6.73. The number of aromatic nitrogens is 2.